The van der Waals surface area contributed by atoms with Crippen molar-refractivity contribution in [2.75, 3.05) is 4.90 Å². The van der Waals surface area contributed by atoms with Gasteiger partial charge in [0.2, 0.25) is 5.91 Å². The molecule has 3 aromatic rings. The van der Waals surface area contributed by atoms with Crippen molar-refractivity contribution in [1.82, 2.24) is 4.98 Å². The number of nitriles is 1. The summed E-state index contributed by atoms with van der Waals surface area (Å²) >= 11 is 0. The molecule has 0 fully saturated rings. The molecule has 1 aromatic heterocycles. The first-order chi connectivity index (χ1) is 14.4. The highest BCUT2D eigenvalue weighted by atomic mass is 19.4. The van der Waals surface area contributed by atoms with Crippen LogP contribution in [-0.2, 0) is 17.5 Å². The van der Waals surface area contributed by atoms with E-state index >= 15 is 0 Å². The van der Waals surface area contributed by atoms with Crippen LogP contribution in [-0.4, -0.2) is 10.9 Å². The first-order valence-corrected chi connectivity index (χ1v) is 8.89. The van der Waals surface area contributed by atoms with E-state index in [0.29, 0.717) is 5.56 Å². The number of aromatic nitrogens is 1. The van der Waals surface area contributed by atoms with Crippen LogP contribution in [0.4, 0.5) is 18.9 Å². The average Bonchev–Trinajstić information content (AvgIpc) is 2.73. The van der Waals surface area contributed by atoms with Crippen molar-refractivity contribution in [3.8, 4) is 17.6 Å². The first kappa shape index (κ1) is 20.9. The summed E-state index contributed by atoms with van der Waals surface area (Å²) in [5.74, 6) is -0.749. The van der Waals surface area contributed by atoms with Crippen LogP contribution in [0, 0.1) is 11.3 Å². The molecule has 8 heteroatoms. The van der Waals surface area contributed by atoms with Gasteiger partial charge in [-0.3, -0.25) is 9.78 Å². The Morgan fingerprint density at radius 1 is 1.10 bits per heavy atom. The molecule has 0 spiro atoms. The third-order valence-corrected chi connectivity index (χ3v) is 4.15. The van der Waals surface area contributed by atoms with Crippen molar-refractivity contribution in [3.05, 3.63) is 84.2 Å². The predicted molar refractivity (Wildman–Crippen MR) is 104 cm³/mol. The number of para-hydroxylation sites is 1. The number of hydrogen-bond acceptors (Lipinski definition) is 4. The number of hydrogen-bond donors (Lipinski definition) is 0. The van der Waals surface area contributed by atoms with E-state index in [0.717, 1.165) is 11.0 Å². The van der Waals surface area contributed by atoms with Gasteiger partial charge in [-0.25, -0.2) is 0 Å². The normalized spacial score (nSPS) is 10.9. The van der Waals surface area contributed by atoms with Crippen LogP contribution in [0.1, 0.15) is 17.5 Å². The lowest BCUT2D eigenvalue weighted by molar-refractivity contribution is -0.138. The van der Waals surface area contributed by atoms with E-state index in [1.165, 1.54) is 18.3 Å². The number of alkyl halides is 3. The van der Waals surface area contributed by atoms with E-state index in [1.807, 2.05) is 0 Å². The molecule has 0 bridgehead atoms. The topological polar surface area (TPSA) is 66.2 Å². The molecule has 1 heterocycles. The summed E-state index contributed by atoms with van der Waals surface area (Å²) in [6, 6.07) is 16.6. The highest BCUT2D eigenvalue weighted by molar-refractivity contribution is 5.94. The Balaban J connectivity index is 2.01. The third-order valence-electron chi connectivity index (χ3n) is 4.15. The molecule has 2 aromatic carbocycles. The lowest BCUT2D eigenvalue weighted by Gasteiger charge is -2.24. The Kier molecular flexibility index (Phi) is 6.32. The molecule has 152 valence electrons. The standard InChI is InChI=1S/C22H16F3N3O2/c23-22(24,25)19-13-17(8-9-20(19)30-18-6-2-1-3-7-18)28(21(29)10-11-26)15-16-5-4-12-27-14-16/h1-9,12-14H,10,15H2. The second-order valence-corrected chi connectivity index (χ2v) is 6.27. The molecule has 0 saturated heterocycles. The summed E-state index contributed by atoms with van der Waals surface area (Å²) < 4.78 is 46.6. The number of anilines is 1. The Bertz CT molecular complexity index is 1050. The number of ether oxygens (including phenoxy) is 1. The number of nitrogens with zero attached hydrogens (tertiary/aromatic N) is 3. The maximum absolute atomic E-state index is 13.7. The van der Waals surface area contributed by atoms with Gasteiger partial charge in [0, 0.05) is 18.1 Å². The maximum Gasteiger partial charge on any atom is 0.420 e. The molecule has 5 nitrogen and oxygen atoms in total. The zero-order valence-corrected chi connectivity index (χ0v) is 15.6. The molecule has 0 aliphatic heterocycles. The maximum atomic E-state index is 13.7. The molecule has 0 aliphatic rings. The fraction of sp³-hybridized carbons (Fsp3) is 0.136. The highest BCUT2D eigenvalue weighted by Crippen LogP contribution is 2.40. The van der Waals surface area contributed by atoms with E-state index < -0.39 is 24.1 Å². The van der Waals surface area contributed by atoms with Gasteiger partial charge in [0.15, 0.2) is 0 Å². The average molecular weight is 411 g/mol. The van der Waals surface area contributed by atoms with Crippen molar-refractivity contribution in [2.24, 2.45) is 0 Å². The second-order valence-electron chi connectivity index (χ2n) is 6.27. The molecular weight excluding hydrogens is 395 g/mol. The van der Waals surface area contributed by atoms with Gasteiger partial charge >= 0.3 is 6.18 Å². The fourth-order valence-corrected chi connectivity index (χ4v) is 2.77. The Morgan fingerprint density at radius 2 is 1.87 bits per heavy atom. The third kappa shape index (κ3) is 5.14. The zero-order chi connectivity index (χ0) is 21.6. The van der Waals surface area contributed by atoms with Crippen LogP contribution >= 0.6 is 0 Å². The van der Waals surface area contributed by atoms with Gasteiger partial charge in [-0.05, 0) is 42.0 Å². The van der Waals surface area contributed by atoms with Gasteiger partial charge < -0.3 is 9.64 Å². The van der Waals surface area contributed by atoms with Crippen LogP contribution in [0.3, 0.4) is 0 Å². The second kappa shape index (κ2) is 9.09. The van der Waals surface area contributed by atoms with Crippen LogP contribution in [0.5, 0.6) is 11.5 Å². The van der Waals surface area contributed by atoms with E-state index in [9.17, 15) is 18.0 Å². The highest BCUT2D eigenvalue weighted by Gasteiger charge is 2.35. The lowest BCUT2D eigenvalue weighted by Crippen LogP contribution is -2.30. The van der Waals surface area contributed by atoms with Gasteiger partial charge in [0.1, 0.15) is 23.5 Å². The number of halogens is 3. The minimum absolute atomic E-state index is 0.00633. The zero-order valence-electron chi connectivity index (χ0n) is 15.6. The van der Waals surface area contributed by atoms with Crippen LogP contribution in [0.25, 0.3) is 0 Å². The molecule has 1 amide bonds. The van der Waals surface area contributed by atoms with Crippen LogP contribution in [0.15, 0.2) is 73.1 Å². The molecule has 0 saturated carbocycles. The summed E-state index contributed by atoms with van der Waals surface area (Å²) in [5.41, 5.74) is -0.404. The van der Waals surface area contributed by atoms with Gasteiger partial charge in [-0.1, -0.05) is 24.3 Å². The monoisotopic (exact) mass is 411 g/mol. The van der Waals surface area contributed by atoms with E-state index in [-0.39, 0.29) is 23.7 Å². The quantitative estimate of drug-likeness (QED) is 0.549. The van der Waals surface area contributed by atoms with Crippen molar-refractivity contribution in [2.45, 2.75) is 19.1 Å². The summed E-state index contributed by atoms with van der Waals surface area (Å²) in [7, 11) is 0. The fourth-order valence-electron chi connectivity index (χ4n) is 2.77. The Hall–Kier alpha value is -3.86. The lowest BCUT2D eigenvalue weighted by atomic mass is 10.1. The van der Waals surface area contributed by atoms with Crippen LogP contribution < -0.4 is 9.64 Å². The molecule has 3 rings (SSSR count). The number of carbonyl (C=O) groups excluding carboxylic acids is 1. The Labute approximate surface area is 171 Å². The molecule has 0 radical (unpaired) electrons. The largest absolute Gasteiger partial charge is 0.457 e. The molecule has 30 heavy (non-hydrogen) atoms. The van der Waals surface area contributed by atoms with Crippen molar-refractivity contribution >= 4 is 11.6 Å². The van der Waals surface area contributed by atoms with Gasteiger partial charge in [-0.2, -0.15) is 18.4 Å². The number of pyridine rings is 1. The number of carbonyl (C=O) groups is 1. The number of rotatable bonds is 6. The number of amides is 1. The molecular formula is C22H16F3N3O2. The van der Waals surface area contributed by atoms with Crippen molar-refractivity contribution < 1.29 is 22.7 Å². The van der Waals surface area contributed by atoms with Crippen molar-refractivity contribution in [3.63, 3.8) is 0 Å². The molecule has 0 N–H and O–H groups in total. The SMILES string of the molecule is N#CCC(=O)N(Cc1cccnc1)c1ccc(Oc2ccccc2)c(C(F)(F)F)c1. The molecule has 0 unspecified atom stereocenters. The smallest absolute Gasteiger partial charge is 0.420 e. The summed E-state index contributed by atoms with van der Waals surface area (Å²) in [5, 5.41) is 8.88. The number of benzene rings is 2. The molecule has 0 aliphatic carbocycles. The molecule has 0 atom stereocenters. The summed E-state index contributed by atoms with van der Waals surface area (Å²) in [6.45, 7) is -0.0233. The van der Waals surface area contributed by atoms with E-state index in [2.05, 4.69) is 4.98 Å². The van der Waals surface area contributed by atoms with E-state index in [1.54, 1.807) is 54.7 Å². The minimum Gasteiger partial charge on any atom is -0.457 e. The Morgan fingerprint density at radius 3 is 2.50 bits per heavy atom. The first-order valence-electron chi connectivity index (χ1n) is 8.89. The van der Waals surface area contributed by atoms with Crippen LogP contribution in [0.2, 0.25) is 0 Å². The van der Waals surface area contributed by atoms with Gasteiger partial charge in [0.25, 0.3) is 0 Å². The summed E-state index contributed by atoms with van der Waals surface area (Å²) in [4.78, 5) is 17.5. The summed E-state index contributed by atoms with van der Waals surface area (Å²) in [6.07, 6.45) is -2.13. The van der Waals surface area contributed by atoms with E-state index in [4.69, 9.17) is 10.00 Å². The van der Waals surface area contributed by atoms with Gasteiger partial charge in [0.05, 0.1) is 12.6 Å². The van der Waals surface area contributed by atoms with Gasteiger partial charge in [-0.15, -0.1) is 0 Å². The minimum atomic E-state index is -4.71. The van der Waals surface area contributed by atoms with Crippen molar-refractivity contribution in [1.29, 1.82) is 5.26 Å². The predicted octanol–water partition coefficient (Wildman–Crippen LogP) is 5.34.